The van der Waals surface area contributed by atoms with E-state index in [0.717, 1.165) is 19.5 Å². The zero-order valence-electron chi connectivity index (χ0n) is 9.63. The lowest BCUT2D eigenvalue weighted by molar-refractivity contribution is 0.663. The van der Waals surface area contributed by atoms with Crippen LogP contribution in [0.15, 0.2) is 43.0 Å². The van der Waals surface area contributed by atoms with Crippen LogP contribution in [0.1, 0.15) is 22.6 Å². The molecule has 0 saturated carbocycles. The van der Waals surface area contributed by atoms with E-state index < -0.39 is 0 Å². The molecule has 2 aromatic heterocycles. The van der Waals surface area contributed by atoms with Crippen molar-refractivity contribution in [2.24, 2.45) is 0 Å². The third kappa shape index (κ3) is 2.06. The van der Waals surface area contributed by atoms with Crippen LogP contribution in [-0.2, 0) is 6.42 Å². The molecule has 1 aliphatic rings. The Hall–Kier alpha value is -1.74. The van der Waals surface area contributed by atoms with Gasteiger partial charge in [0.2, 0.25) is 0 Å². The molecule has 0 radical (unpaired) electrons. The summed E-state index contributed by atoms with van der Waals surface area (Å²) in [6, 6.07) is 6.29. The van der Waals surface area contributed by atoms with Gasteiger partial charge in [0, 0.05) is 37.3 Å². The van der Waals surface area contributed by atoms with Gasteiger partial charge in [-0.05, 0) is 41.8 Å². The molecule has 0 fully saturated rings. The Kier molecular flexibility index (Phi) is 2.84. The van der Waals surface area contributed by atoms with Crippen LogP contribution < -0.4 is 5.32 Å². The number of aromatic nitrogens is 2. The summed E-state index contributed by atoms with van der Waals surface area (Å²) in [5, 5.41) is 3.49. The zero-order valence-corrected chi connectivity index (χ0v) is 9.63. The van der Waals surface area contributed by atoms with Crippen LogP contribution in [0.25, 0.3) is 0 Å². The Morgan fingerprint density at radius 3 is 2.94 bits per heavy atom. The van der Waals surface area contributed by atoms with Crippen molar-refractivity contribution in [3.63, 3.8) is 0 Å². The third-order valence-electron chi connectivity index (χ3n) is 3.32. The molecule has 3 heteroatoms. The molecule has 0 amide bonds. The Balaban J connectivity index is 2.06. The van der Waals surface area contributed by atoms with Crippen molar-refractivity contribution in [1.82, 2.24) is 15.3 Å². The quantitative estimate of drug-likeness (QED) is 0.803. The van der Waals surface area contributed by atoms with Gasteiger partial charge in [0.25, 0.3) is 0 Å². The van der Waals surface area contributed by atoms with Crippen molar-refractivity contribution in [3.05, 3.63) is 59.7 Å². The van der Waals surface area contributed by atoms with E-state index >= 15 is 0 Å². The van der Waals surface area contributed by atoms with Crippen molar-refractivity contribution in [1.29, 1.82) is 0 Å². The molecule has 0 aliphatic carbocycles. The lowest BCUT2D eigenvalue weighted by atomic mass is 9.90. The lowest BCUT2D eigenvalue weighted by Gasteiger charge is -2.17. The van der Waals surface area contributed by atoms with Gasteiger partial charge < -0.3 is 5.32 Å². The van der Waals surface area contributed by atoms with Gasteiger partial charge >= 0.3 is 0 Å². The van der Waals surface area contributed by atoms with Gasteiger partial charge in [-0.3, -0.25) is 9.97 Å². The zero-order chi connectivity index (χ0) is 11.5. The third-order valence-corrected chi connectivity index (χ3v) is 3.32. The number of rotatable bonds is 1. The fourth-order valence-electron chi connectivity index (χ4n) is 2.45. The second-order valence-corrected chi connectivity index (χ2v) is 4.37. The predicted molar refractivity (Wildman–Crippen MR) is 66.9 cm³/mol. The second kappa shape index (κ2) is 4.63. The fourth-order valence-corrected chi connectivity index (χ4v) is 2.45. The maximum absolute atomic E-state index is 4.22. The molecule has 0 bridgehead atoms. The van der Waals surface area contributed by atoms with Gasteiger partial charge in [-0.15, -0.1) is 0 Å². The molecule has 3 nitrogen and oxygen atoms in total. The molecule has 0 aromatic carbocycles. The molecule has 1 atom stereocenters. The molecule has 3 rings (SSSR count). The van der Waals surface area contributed by atoms with Crippen LogP contribution in [0.2, 0.25) is 0 Å². The second-order valence-electron chi connectivity index (χ2n) is 4.37. The lowest BCUT2D eigenvalue weighted by Crippen LogP contribution is -2.20. The van der Waals surface area contributed by atoms with Crippen molar-refractivity contribution in [2.75, 3.05) is 13.1 Å². The van der Waals surface area contributed by atoms with Gasteiger partial charge in [-0.2, -0.15) is 0 Å². The largest absolute Gasteiger partial charge is 0.315 e. The van der Waals surface area contributed by atoms with E-state index in [9.17, 15) is 0 Å². The van der Waals surface area contributed by atoms with E-state index in [2.05, 4.69) is 27.4 Å². The van der Waals surface area contributed by atoms with E-state index in [1.165, 1.54) is 16.7 Å². The van der Waals surface area contributed by atoms with E-state index in [1.807, 2.05) is 30.9 Å². The molecule has 0 saturated heterocycles. The van der Waals surface area contributed by atoms with Crippen LogP contribution in [0.5, 0.6) is 0 Å². The molecule has 2 aromatic rings. The predicted octanol–water partition coefficient (Wildman–Crippen LogP) is 1.75. The standard InChI is InChI=1S/C14H15N3/c1-2-11(8-15-5-1)14-10-17-6-3-12-9-16-7-4-13(12)14/h1-2,4-5,7-9,14,17H,3,6,10H2. The summed E-state index contributed by atoms with van der Waals surface area (Å²) in [4.78, 5) is 8.44. The first-order valence-corrected chi connectivity index (χ1v) is 5.98. The van der Waals surface area contributed by atoms with Crippen LogP contribution in [-0.4, -0.2) is 23.1 Å². The highest BCUT2D eigenvalue weighted by Crippen LogP contribution is 2.27. The highest BCUT2D eigenvalue weighted by atomic mass is 14.9. The highest BCUT2D eigenvalue weighted by molar-refractivity contribution is 5.36. The number of fused-ring (bicyclic) bond motifs is 1. The number of hydrogen-bond donors (Lipinski definition) is 1. The van der Waals surface area contributed by atoms with Gasteiger partial charge in [0.05, 0.1) is 0 Å². The van der Waals surface area contributed by atoms with Gasteiger partial charge in [0.15, 0.2) is 0 Å². The van der Waals surface area contributed by atoms with Gasteiger partial charge in [-0.25, -0.2) is 0 Å². The summed E-state index contributed by atoms with van der Waals surface area (Å²) < 4.78 is 0. The molecular weight excluding hydrogens is 210 g/mol. The molecule has 17 heavy (non-hydrogen) atoms. The number of hydrogen-bond acceptors (Lipinski definition) is 3. The molecule has 1 aliphatic heterocycles. The maximum Gasteiger partial charge on any atom is 0.0306 e. The van der Waals surface area contributed by atoms with E-state index in [1.54, 1.807) is 0 Å². The maximum atomic E-state index is 4.22. The summed E-state index contributed by atoms with van der Waals surface area (Å²) in [6.45, 7) is 2.00. The Bertz CT molecular complexity index is 496. The molecule has 1 N–H and O–H groups in total. The van der Waals surface area contributed by atoms with Crippen LogP contribution in [0.4, 0.5) is 0 Å². The van der Waals surface area contributed by atoms with Gasteiger partial charge in [0.1, 0.15) is 0 Å². The molecule has 3 heterocycles. The number of nitrogens with zero attached hydrogens (tertiary/aromatic N) is 2. The topological polar surface area (TPSA) is 37.8 Å². The summed E-state index contributed by atoms with van der Waals surface area (Å²) in [5.41, 5.74) is 4.01. The van der Waals surface area contributed by atoms with Crippen molar-refractivity contribution in [3.8, 4) is 0 Å². The summed E-state index contributed by atoms with van der Waals surface area (Å²) in [6.07, 6.45) is 8.71. The molecule has 0 spiro atoms. The van der Waals surface area contributed by atoms with E-state index in [0.29, 0.717) is 5.92 Å². The highest BCUT2D eigenvalue weighted by Gasteiger charge is 2.19. The van der Waals surface area contributed by atoms with Crippen LogP contribution in [0.3, 0.4) is 0 Å². The Labute approximate surface area is 101 Å². The number of pyridine rings is 2. The van der Waals surface area contributed by atoms with Crippen molar-refractivity contribution < 1.29 is 0 Å². The first-order valence-electron chi connectivity index (χ1n) is 5.98. The van der Waals surface area contributed by atoms with Crippen LogP contribution >= 0.6 is 0 Å². The monoisotopic (exact) mass is 225 g/mol. The van der Waals surface area contributed by atoms with Crippen LogP contribution in [0, 0.1) is 0 Å². The van der Waals surface area contributed by atoms with E-state index in [-0.39, 0.29) is 0 Å². The molecule has 1 unspecified atom stereocenters. The Morgan fingerprint density at radius 2 is 2.06 bits per heavy atom. The average Bonchev–Trinajstić information content (AvgIpc) is 2.62. The van der Waals surface area contributed by atoms with E-state index in [4.69, 9.17) is 0 Å². The summed E-state index contributed by atoms with van der Waals surface area (Å²) in [5.74, 6) is 0.393. The SMILES string of the molecule is c1cncc(C2CNCCc3cnccc32)c1. The minimum Gasteiger partial charge on any atom is -0.315 e. The molecule has 86 valence electrons. The average molecular weight is 225 g/mol. The minimum absolute atomic E-state index is 0.393. The Morgan fingerprint density at radius 1 is 1.12 bits per heavy atom. The normalized spacial score (nSPS) is 19.4. The van der Waals surface area contributed by atoms with Crippen molar-refractivity contribution >= 4 is 0 Å². The first-order chi connectivity index (χ1) is 8.45. The summed E-state index contributed by atoms with van der Waals surface area (Å²) in [7, 11) is 0. The molecular formula is C14H15N3. The van der Waals surface area contributed by atoms with Gasteiger partial charge in [-0.1, -0.05) is 6.07 Å². The fraction of sp³-hybridized carbons (Fsp3) is 0.286. The van der Waals surface area contributed by atoms with Crippen molar-refractivity contribution in [2.45, 2.75) is 12.3 Å². The number of nitrogens with one attached hydrogen (secondary N) is 1. The summed E-state index contributed by atoms with van der Waals surface area (Å²) >= 11 is 0. The minimum atomic E-state index is 0.393. The smallest absolute Gasteiger partial charge is 0.0306 e. The first kappa shape index (κ1) is 10.4.